The van der Waals surface area contributed by atoms with Crippen molar-refractivity contribution < 1.29 is 9.52 Å². The second-order valence-electron chi connectivity index (χ2n) is 7.81. The van der Waals surface area contributed by atoms with Crippen LogP contribution in [-0.4, -0.2) is 35.4 Å². The first-order valence-electron chi connectivity index (χ1n) is 10.4. The van der Waals surface area contributed by atoms with Gasteiger partial charge in [0.2, 0.25) is 0 Å². The predicted octanol–water partition coefficient (Wildman–Crippen LogP) is 3.82. The highest BCUT2D eigenvalue weighted by Gasteiger charge is 2.26. The summed E-state index contributed by atoms with van der Waals surface area (Å²) >= 11 is 0. The molecular formula is C24H27N3O3. The van der Waals surface area contributed by atoms with Crippen molar-refractivity contribution in [2.45, 2.75) is 31.6 Å². The van der Waals surface area contributed by atoms with Crippen molar-refractivity contribution in [1.82, 2.24) is 4.90 Å². The normalized spacial score (nSPS) is 16.2. The number of rotatable bonds is 7. The van der Waals surface area contributed by atoms with E-state index in [9.17, 15) is 9.90 Å². The molecule has 156 valence electrons. The third kappa shape index (κ3) is 4.24. The Morgan fingerprint density at radius 2 is 1.80 bits per heavy atom. The summed E-state index contributed by atoms with van der Waals surface area (Å²) in [6.45, 7) is 3.11. The Bertz CT molecular complexity index is 1090. The molecule has 0 spiro atoms. The Kier molecular flexibility index (Phi) is 6.14. The average Bonchev–Trinajstić information content (AvgIpc) is 3.29. The molecule has 0 radical (unpaired) electrons. The van der Waals surface area contributed by atoms with Crippen LogP contribution in [0, 0.1) is 0 Å². The van der Waals surface area contributed by atoms with Crippen molar-refractivity contribution in [1.29, 1.82) is 0 Å². The van der Waals surface area contributed by atoms with Gasteiger partial charge in [0.1, 0.15) is 11.3 Å². The molecule has 0 amide bonds. The third-order valence-corrected chi connectivity index (χ3v) is 5.91. The van der Waals surface area contributed by atoms with Crippen molar-refractivity contribution in [3.8, 4) is 5.75 Å². The maximum absolute atomic E-state index is 12.9. The molecule has 1 aromatic heterocycles. The molecule has 4 rings (SSSR count). The first kappa shape index (κ1) is 20.2. The SMILES string of the molecule is N/N=C(/CCN1CCCC1)CC(c1ccccc1)c1c(O)c2ccccc2oc1=O. The number of likely N-dealkylation sites (tertiary alicyclic amines) is 1. The lowest BCUT2D eigenvalue weighted by atomic mass is 9.86. The van der Waals surface area contributed by atoms with Gasteiger partial charge in [0.15, 0.2) is 0 Å². The fourth-order valence-corrected chi connectivity index (χ4v) is 4.28. The van der Waals surface area contributed by atoms with Gasteiger partial charge in [0.05, 0.1) is 10.9 Å². The standard InChI is InChI=1S/C24H27N3O3/c25-26-18(12-15-27-13-6-7-14-27)16-20(17-8-2-1-3-9-17)22-23(28)19-10-4-5-11-21(19)30-24(22)29/h1-5,8-11,20,28H,6-7,12-16,25H2/b26-18-. The summed E-state index contributed by atoms with van der Waals surface area (Å²) in [4.78, 5) is 15.3. The van der Waals surface area contributed by atoms with Crippen molar-refractivity contribution in [3.63, 3.8) is 0 Å². The van der Waals surface area contributed by atoms with Gasteiger partial charge in [-0.25, -0.2) is 4.79 Å². The highest BCUT2D eigenvalue weighted by atomic mass is 16.4. The average molecular weight is 405 g/mol. The molecule has 6 heteroatoms. The summed E-state index contributed by atoms with van der Waals surface area (Å²) in [5.74, 6) is 5.30. The van der Waals surface area contributed by atoms with E-state index in [1.807, 2.05) is 36.4 Å². The number of hydrogen-bond acceptors (Lipinski definition) is 6. The topological polar surface area (TPSA) is 92.1 Å². The van der Waals surface area contributed by atoms with E-state index < -0.39 is 11.5 Å². The van der Waals surface area contributed by atoms with Crippen LogP contribution < -0.4 is 11.5 Å². The molecule has 0 aliphatic carbocycles. The number of fused-ring (bicyclic) bond motifs is 1. The minimum Gasteiger partial charge on any atom is -0.507 e. The van der Waals surface area contributed by atoms with Crippen LogP contribution in [0.2, 0.25) is 0 Å². The van der Waals surface area contributed by atoms with Crippen molar-refractivity contribution in [2.24, 2.45) is 10.9 Å². The number of benzene rings is 2. The molecule has 0 bridgehead atoms. The molecule has 6 nitrogen and oxygen atoms in total. The Hall–Kier alpha value is -3.12. The van der Waals surface area contributed by atoms with Crippen LogP contribution in [0.15, 0.2) is 68.9 Å². The number of nitrogens with zero attached hydrogens (tertiary/aromatic N) is 2. The van der Waals surface area contributed by atoms with Crippen LogP contribution in [0.25, 0.3) is 11.0 Å². The number of hydrogen-bond donors (Lipinski definition) is 2. The molecule has 1 aliphatic heterocycles. The highest BCUT2D eigenvalue weighted by molar-refractivity contribution is 5.87. The zero-order valence-corrected chi connectivity index (χ0v) is 17.0. The Morgan fingerprint density at radius 1 is 1.10 bits per heavy atom. The van der Waals surface area contributed by atoms with Crippen LogP contribution in [0.4, 0.5) is 0 Å². The van der Waals surface area contributed by atoms with E-state index in [0.717, 1.165) is 37.3 Å². The van der Waals surface area contributed by atoms with Gasteiger partial charge in [-0.2, -0.15) is 5.10 Å². The van der Waals surface area contributed by atoms with E-state index in [-0.39, 0.29) is 11.3 Å². The fourth-order valence-electron chi connectivity index (χ4n) is 4.28. The first-order chi connectivity index (χ1) is 14.7. The van der Waals surface area contributed by atoms with Crippen molar-refractivity contribution in [3.05, 3.63) is 76.1 Å². The number of hydrazone groups is 1. The number of nitrogens with two attached hydrogens (primary N) is 1. The smallest absolute Gasteiger partial charge is 0.343 e. The largest absolute Gasteiger partial charge is 0.507 e. The third-order valence-electron chi connectivity index (χ3n) is 5.91. The van der Waals surface area contributed by atoms with E-state index in [4.69, 9.17) is 10.3 Å². The first-order valence-corrected chi connectivity index (χ1v) is 10.4. The predicted molar refractivity (Wildman–Crippen MR) is 119 cm³/mol. The molecular weight excluding hydrogens is 378 g/mol. The summed E-state index contributed by atoms with van der Waals surface area (Å²) < 4.78 is 5.54. The van der Waals surface area contributed by atoms with Crippen LogP contribution in [0.3, 0.4) is 0 Å². The van der Waals surface area contributed by atoms with Crippen molar-refractivity contribution in [2.75, 3.05) is 19.6 Å². The van der Waals surface area contributed by atoms with Gasteiger partial charge in [-0.15, -0.1) is 0 Å². The van der Waals surface area contributed by atoms with Gasteiger partial charge in [0.25, 0.3) is 0 Å². The minimum atomic E-state index is -0.532. The van der Waals surface area contributed by atoms with Crippen LogP contribution in [0.1, 0.15) is 42.7 Å². The second kappa shape index (κ2) is 9.13. The molecule has 1 aliphatic rings. The van der Waals surface area contributed by atoms with Crippen LogP contribution >= 0.6 is 0 Å². The quantitative estimate of drug-likeness (QED) is 0.270. The lowest BCUT2D eigenvalue weighted by molar-refractivity contribution is 0.349. The van der Waals surface area contributed by atoms with E-state index in [2.05, 4.69) is 10.0 Å². The van der Waals surface area contributed by atoms with Gasteiger partial charge >= 0.3 is 5.63 Å². The minimum absolute atomic E-state index is 0.0355. The molecule has 1 unspecified atom stereocenters. The highest BCUT2D eigenvalue weighted by Crippen LogP contribution is 2.36. The van der Waals surface area contributed by atoms with E-state index in [1.165, 1.54) is 12.8 Å². The molecule has 3 N–H and O–H groups in total. The van der Waals surface area contributed by atoms with Gasteiger partial charge in [-0.05, 0) is 50.0 Å². The van der Waals surface area contributed by atoms with Gasteiger partial charge < -0.3 is 20.3 Å². The van der Waals surface area contributed by atoms with Crippen molar-refractivity contribution >= 4 is 16.7 Å². The zero-order chi connectivity index (χ0) is 20.9. The Morgan fingerprint density at radius 3 is 2.53 bits per heavy atom. The maximum Gasteiger partial charge on any atom is 0.343 e. The van der Waals surface area contributed by atoms with Gasteiger partial charge in [0, 0.05) is 24.6 Å². The maximum atomic E-state index is 12.9. The second-order valence-corrected chi connectivity index (χ2v) is 7.81. The zero-order valence-electron chi connectivity index (χ0n) is 17.0. The van der Waals surface area contributed by atoms with Crippen LogP contribution in [-0.2, 0) is 0 Å². The summed E-state index contributed by atoms with van der Waals surface area (Å²) in [6, 6.07) is 16.7. The summed E-state index contributed by atoms with van der Waals surface area (Å²) in [7, 11) is 0. The summed E-state index contributed by atoms with van der Waals surface area (Å²) in [5.41, 5.74) is 1.83. The van der Waals surface area contributed by atoms with Gasteiger partial charge in [-0.3, -0.25) is 0 Å². The number of aromatic hydroxyl groups is 1. The molecule has 0 saturated carbocycles. The molecule has 30 heavy (non-hydrogen) atoms. The molecule has 3 aromatic rings. The number of para-hydroxylation sites is 1. The molecule has 2 aromatic carbocycles. The lowest BCUT2D eigenvalue weighted by Gasteiger charge is -2.21. The van der Waals surface area contributed by atoms with Crippen LogP contribution in [0.5, 0.6) is 5.75 Å². The summed E-state index contributed by atoms with van der Waals surface area (Å²) in [5, 5.41) is 15.6. The molecule has 1 saturated heterocycles. The molecule has 1 atom stereocenters. The fraction of sp³-hybridized carbons (Fsp3) is 0.333. The van der Waals surface area contributed by atoms with E-state index in [1.54, 1.807) is 18.2 Å². The van der Waals surface area contributed by atoms with E-state index >= 15 is 0 Å². The Labute approximate surface area is 175 Å². The monoisotopic (exact) mass is 405 g/mol. The molecule has 2 heterocycles. The lowest BCUT2D eigenvalue weighted by Crippen LogP contribution is -2.24. The van der Waals surface area contributed by atoms with E-state index in [0.29, 0.717) is 17.4 Å². The molecule has 1 fully saturated rings. The van der Waals surface area contributed by atoms with Gasteiger partial charge in [-0.1, -0.05) is 42.5 Å². The Balaban J connectivity index is 1.70. The summed E-state index contributed by atoms with van der Waals surface area (Å²) in [6.07, 6.45) is 3.64.